The van der Waals surface area contributed by atoms with E-state index in [1.165, 1.54) is 16.8 Å². The largest absolute Gasteiger partial charge is 0.380 e. The van der Waals surface area contributed by atoms with Gasteiger partial charge in [-0.2, -0.15) is 5.10 Å². The lowest BCUT2D eigenvalue weighted by atomic mass is 10.1. The van der Waals surface area contributed by atoms with Crippen LogP contribution in [0.25, 0.3) is 0 Å². The predicted octanol–water partition coefficient (Wildman–Crippen LogP) is 3.02. The number of nitrogens with one attached hydrogen (secondary N) is 2. The third-order valence-electron chi connectivity index (χ3n) is 3.96. The molecule has 0 radical (unpaired) electrons. The first-order chi connectivity index (χ1) is 12.1. The summed E-state index contributed by atoms with van der Waals surface area (Å²) in [5.74, 6) is 0.814. The molecule has 0 aliphatic heterocycles. The lowest BCUT2D eigenvalue weighted by Crippen LogP contribution is -2.37. The second-order valence-electron chi connectivity index (χ2n) is 6.11. The molecule has 0 aliphatic carbocycles. The minimum Gasteiger partial charge on any atom is -0.380 e. The van der Waals surface area contributed by atoms with Gasteiger partial charge in [0.15, 0.2) is 5.96 Å². The van der Waals surface area contributed by atoms with E-state index < -0.39 is 0 Å². The van der Waals surface area contributed by atoms with E-state index in [0.29, 0.717) is 6.61 Å². The molecule has 7 heteroatoms. The summed E-state index contributed by atoms with van der Waals surface area (Å²) in [5, 5.41) is 11.2. The van der Waals surface area contributed by atoms with Crippen LogP contribution in [0.1, 0.15) is 28.9 Å². The number of aliphatic imine (C=N–C) groups is 1. The zero-order chi connectivity index (χ0) is 18.1. The van der Waals surface area contributed by atoms with Crippen molar-refractivity contribution in [3.8, 4) is 0 Å². The molecular formula is C19H30IN5O. The molecule has 0 fully saturated rings. The molecule has 1 aromatic heterocycles. The first-order valence-electron chi connectivity index (χ1n) is 8.64. The monoisotopic (exact) mass is 471 g/mol. The van der Waals surface area contributed by atoms with Gasteiger partial charge in [-0.15, -0.1) is 24.0 Å². The number of aryl methyl sites for hydroxylation is 3. The summed E-state index contributed by atoms with van der Waals surface area (Å²) in [6, 6.07) is 10.5. The van der Waals surface area contributed by atoms with Gasteiger partial charge in [0.1, 0.15) is 0 Å². The maximum absolute atomic E-state index is 5.13. The molecule has 0 amide bonds. The van der Waals surface area contributed by atoms with Gasteiger partial charge in [0.05, 0.1) is 12.3 Å². The molecule has 2 aromatic rings. The summed E-state index contributed by atoms with van der Waals surface area (Å²) in [5.41, 5.74) is 4.67. The normalized spacial score (nSPS) is 11.2. The Labute approximate surface area is 173 Å². The predicted molar refractivity (Wildman–Crippen MR) is 117 cm³/mol. The zero-order valence-corrected chi connectivity index (χ0v) is 18.4. The van der Waals surface area contributed by atoms with Crippen LogP contribution in [0.2, 0.25) is 0 Å². The maximum atomic E-state index is 5.13. The van der Waals surface area contributed by atoms with E-state index in [9.17, 15) is 0 Å². The number of halogens is 1. The molecule has 2 rings (SSSR count). The summed E-state index contributed by atoms with van der Waals surface area (Å²) in [7, 11) is 3.50. The highest BCUT2D eigenvalue weighted by Gasteiger charge is 2.02. The number of aromatic nitrogens is 2. The fraction of sp³-hybridized carbons (Fsp3) is 0.474. The van der Waals surface area contributed by atoms with Gasteiger partial charge in [-0.3, -0.25) is 9.67 Å². The van der Waals surface area contributed by atoms with Gasteiger partial charge in [-0.05, 0) is 37.5 Å². The lowest BCUT2D eigenvalue weighted by molar-refractivity contribution is 0.185. The molecule has 0 saturated heterocycles. The lowest BCUT2D eigenvalue weighted by Gasteiger charge is -2.12. The van der Waals surface area contributed by atoms with Crippen LogP contribution in [0.15, 0.2) is 35.3 Å². The molecule has 0 aliphatic rings. The van der Waals surface area contributed by atoms with Crippen molar-refractivity contribution in [3.05, 3.63) is 52.8 Å². The van der Waals surface area contributed by atoms with E-state index in [4.69, 9.17) is 4.74 Å². The fourth-order valence-corrected chi connectivity index (χ4v) is 2.66. The topological polar surface area (TPSA) is 63.5 Å². The first kappa shape index (κ1) is 22.4. The Morgan fingerprint density at radius 1 is 1.15 bits per heavy atom. The zero-order valence-electron chi connectivity index (χ0n) is 16.1. The van der Waals surface area contributed by atoms with Crippen LogP contribution in [-0.2, 0) is 24.4 Å². The second kappa shape index (κ2) is 11.9. The molecule has 0 unspecified atom stereocenters. The van der Waals surface area contributed by atoms with E-state index in [2.05, 4.69) is 62.7 Å². The number of methoxy groups -OCH3 is 1. The molecule has 6 nitrogen and oxygen atoms in total. The smallest absolute Gasteiger partial charge is 0.191 e. The van der Waals surface area contributed by atoms with Gasteiger partial charge in [0.2, 0.25) is 0 Å². The minimum absolute atomic E-state index is 0. The second-order valence-corrected chi connectivity index (χ2v) is 6.11. The van der Waals surface area contributed by atoms with Crippen LogP contribution in [0.3, 0.4) is 0 Å². The Balaban J connectivity index is 0.00000338. The van der Waals surface area contributed by atoms with E-state index in [0.717, 1.165) is 37.7 Å². The van der Waals surface area contributed by atoms with E-state index >= 15 is 0 Å². The van der Waals surface area contributed by atoms with Crippen LogP contribution >= 0.6 is 24.0 Å². The van der Waals surface area contributed by atoms with Gasteiger partial charge >= 0.3 is 0 Å². The van der Waals surface area contributed by atoms with Crippen LogP contribution < -0.4 is 10.6 Å². The third kappa shape index (κ3) is 7.33. The highest BCUT2D eigenvalue weighted by atomic mass is 127. The van der Waals surface area contributed by atoms with Gasteiger partial charge in [0.25, 0.3) is 0 Å². The van der Waals surface area contributed by atoms with E-state index in [1.54, 1.807) is 14.2 Å². The Kier molecular flexibility index (Phi) is 10.3. The SMILES string of the molecule is CN=C(NCCCn1nc(C)cc1C)NCc1ccc(COC)cc1.I. The highest BCUT2D eigenvalue weighted by Crippen LogP contribution is 2.05. The molecular weight excluding hydrogens is 441 g/mol. The van der Waals surface area contributed by atoms with Crippen LogP contribution in [0, 0.1) is 13.8 Å². The Morgan fingerprint density at radius 3 is 2.42 bits per heavy atom. The molecule has 1 heterocycles. The van der Waals surface area contributed by atoms with Crippen LogP contribution in [0.4, 0.5) is 0 Å². The van der Waals surface area contributed by atoms with E-state index in [1.807, 2.05) is 6.92 Å². The molecule has 0 saturated carbocycles. The summed E-state index contributed by atoms with van der Waals surface area (Å²) >= 11 is 0. The molecule has 0 atom stereocenters. The maximum Gasteiger partial charge on any atom is 0.191 e. The summed E-state index contributed by atoms with van der Waals surface area (Å²) in [6.45, 7) is 7.26. The number of nitrogens with zero attached hydrogens (tertiary/aromatic N) is 3. The number of hydrogen-bond acceptors (Lipinski definition) is 3. The molecule has 0 bridgehead atoms. The molecule has 144 valence electrons. The number of hydrogen-bond donors (Lipinski definition) is 2. The van der Waals surface area contributed by atoms with Crippen LogP contribution in [-0.4, -0.2) is 36.4 Å². The van der Waals surface area contributed by atoms with E-state index in [-0.39, 0.29) is 24.0 Å². The highest BCUT2D eigenvalue weighted by molar-refractivity contribution is 14.0. The van der Waals surface area contributed by atoms with Crippen molar-refractivity contribution in [2.24, 2.45) is 4.99 Å². The Hall–Kier alpha value is -1.61. The van der Waals surface area contributed by atoms with Crippen molar-refractivity contribution in [3.63, 3.8) is 0 Å². The number of guanidine groups is 1. The standard InChI is InChI=1S/C19H29N5O.HI/c1-15-12-16(2)24(23-15)11-5-10-21-19(20-3)22-13-17-6-8-18(9-7-17)14-25-4;/h6-9,12H,5,10-11,13-14H2,1-4H3,(H2,20,21,22);1H. The van der Waals surface area contributed by atoms with Crippen LogP contribution in [0.5, 0.6) is 0 Å². The average Bonchev–Trinajstić information content (AvgIpc) is 2.93. The summed E-state index contributed by atoms with van der Waals surface area (Å²) in [6.07, 6.45) is 0.994. The summed E-state index contributed by atoms with van der Waals surface area (Å²) in [4.78, 5) is 4.27. The first-order valence-corrected chi connectivity index (χ1v) is 8.64. The fourth-order valence-electron chi connectivity index (χ4n) is 2.66. The van der Waals surface area contributed by atoms with Crippen molar-refractivity contribution in [2.45, 2.75) is 40.0 Å². The van der Waals surface area contributed by atoms with Crippen molar-refractivity contribution in [1.29, 1.82) is 0 Å². The van der Waals surface area contributed by atoms with Crippen molar-refractivity contribution >= 4 is 29.9 Å². The molecule has 1 aromatic carbocycles. The third-order valence-corrected chi connectivity index (χ3v) is 3.96. The minimum atomic E-state index is 0. The number of ether oxygens (including phenoxy) is 1. The van der Waals surface area contributed by atoms with Gasteiger partial charge in [0, 0.05) is 39.5 Å². The van der Waals surface area contributed by atoms with Crippen molar-refractivity contribution in [1.82, 2.24) is 20.4 Å². The van der Waals surface area contributed by atoms with Gasteiger partial charge in [-0.1, -0.05) is 24.3 Å². The summed E-state index contributed by atoms with van der Waals surface area (Å²) < 4.78 is 7.18. The Morgan fingerprint density at radius 2 is 1.85 bits per heavy atom. The molecule has 26 heavy (non-hydrogen) atoms. The average molecular weight is 471 g/mol. The number of benzene rings is 1. The molecule has 0 spiro atoms. The Bertz CT molecular complexity index is 682. The molecule has 2 N–H and O–H groups in total. The quantitative estimate of drug-likeness (QED) is 0.269. The number of rotatable bonds is 8. The van der Waals surface area contributed by atoms with Gasteiger partial charge in [-0.25, -0.2) is 0 Å². The van der Waals surface area contributed by atoms with Crippen molar-refractivity contribution in [2.75, 3.05) is 20.7 Å². The van der Waals surface area contributed by atoms with Crippen molar-refractivity contribution < 1.29 is 4.74 Å². The van der Waals surface area contributed by atoms with Gasteiger partial charge < -0.3 is 15.4 Å².